The van der Waals surface area contributed by atoms with Crippen molar-refractivity contribution in [1.82, 2.24) is 15.0 Å². The van der Waals surface area contributed by atoms with Gasteiger partial charge in [0.2, 0.25) is 17.6 Å². The van der Waals surface area contributed by atoms with E-state index < -0.39 is 0 Å². The number of aromatic nitrogens is 2. The normalized spacial score (nSPS) is 17.8. The number of ether oxygens (including phenoxy) is 2. The fourth-order valence-electron chi connectivity index (χ4n) is 2.81. The molecule has 2 N–H and O–H groups in total. The largest absolute Gasteiger partial charge is 0.493 e. The van der Waals surface area contributed by atoms with Crippen molar-refractivity contribution in [2.45, 2.75) is 13.0 Å². The highest BCUT2D eigenvalue weighted by Crippen LogP contribution is 2.31. The van der Waals surface area contributed by atoms with Gasteiger partial charge in [0, 0.05) is 12.1 Å². The van der Waals surface area contributed by atoms with Crippen LogP contribution in [0.1, 0.15) is 12.3 Å². The lowest BCUT2D eigenvalue weighted by Crippen LogP contribution is -2.27. The van der Waals surface area contributed by atoms with E-state index in [0.717, 1.165) is 18.5 Å². The first-order chi connectivity index (χ1) is 11.6. The number of nitrogens with zero attached hydrogens (tertiary/aromatic N) is 3. The number of hydrogen-bond acceptors (Lipinski definition) is 7. The Kier molecular flexibility index (Phi) is 4.66. The van der Waals surface area contributed by atoms with Gasteiger partial charge in [0.05, 0.1) is 26.7 Å². The van der Waals surface area contributed by atoms with Crippen molar-refractivity contribution in [3.8, 4) is 22.9 Å². The number of methoxy groups -OCH3 is 2. The molecule has 1 atom stereocenters. The highest BCUT2D eigenvalue weighted by Gasteiger charge is 2.27. The lowest BCUT2D eigenvalue weighted by atomic mass is 10.1. The van der Waals surface area contributed by atoms with Crippen LogP contribution in [0.4, 0.5) is 0 Å². The van der Waals surface area contributed by atoms with Gasteiger partial charge in [0.25, 0.3) is 0 Å². The number of carbonyl (C=O) groups excluding carboxylic acids is 1. The van der Waals surface area contributed by atoms with E-state index in [9.17, 15) is 4.79 Å². The molecule has 2 heterocycles. The number of hydrogen-bond donors (Lipinski definition) is 1. The average molecular weight is 332 g/mol. The van der Waals surface area contributed by atoms with Gasteiger partial charge in [0.1, 0.15) is 0 Å². The van der Waals surface area contributed by atoms with Gasteiger partial charge in [-0.2, -0.15) is 4.98 Å². The van der Waals surface area contributed by atoms with Crippen LogP contribution in [0, 0.1) is 5.92 Å². The second-order valence-corrected chi connectivity index (χ2v) is 5.70. The third-order valence-corrected chi connectivity index (χ3v) is 4.14. The van der Waals surface area contributed by atoms with Crippen LogP contribution < -0.4 is 15.2 Å². The maximum atomic E-state index is 11.2. The van der Waals surface area contributed by atoms with Crippen molar-refractivity contribution in [2.24, 2.45) is 11.7 Å². The number of rotatable bonds is 6. The summed E-state index contributed by atoms with van der Waals surface area (Å²) in [6.45, 7) is 1.93. The minimum atomic E-state index is -0.256. The van der Waals surface area contributed by atoms with Gasteiger partial charge in [-0.05, 0) is 31.2 Å². The molecule has 0 radical (unpaired) electrons. The Labute approximate surface area is 139 Å². The molecule has 1 fully saturated rings. The molecule has 24 heavy (non-hydrogen) atoms. The van der Waals surface area contributed by atoms with Gasteiger partial charge in [-0.3, -0.25) is 9.69 Å². The standard InChI is InChI=1S/C16H20N4O4/c1-22-12-4-3-10(7-13(12)23-2)16-18-14(24-19-16)9-20-6-5-11(8-20)15(17)21/h3-4,7,11H,5-6,8-9H2,1-2H3,(H2,17,21). The lowest BCUT2D eigenvalue weighted by Gasteiger charge is -2.11. The molecule has 0 bridgehead atoms. The molecule has 0 saturated carbocycles. The first-order valence-corrected chi connectivity index (χ1v) is 7.67. The molecule has 1 amide bonds. The van der Waals surface area contributed by atoms with Crippen molar-refractivity contribution in [3.05, 3.63) is 24.1 Å². The Morgan fingerprint density at radius 3 is 2.83 bits per heavy atom. The van der Waals surface area contributed by atoms with Crippen molar-refractivity contribution in [3.63, 3.8) is 0 Å². The summed E-state index contributed by atoms with van der Waals surface area (Å²) in [6.07, 6.45) is 0.770. The number of primary amides is 1. The number of amides is 1. The molecule has 8 heteroatoms. The highest BCUT2D eigenvalue weighted by molar-refractivity contribution is 5.77. The second-order valence-electron chi connectivity index (χ2n) is 5.70. The molecule has 1 aliphatic rings. The molecule has 128 valence electrons. The minimum Gasteiger partial charge on any atom is -0.493 e. The monoisotopic (exact) mass is 332 g/mol. The van der Waals surface area contributed by atoms with Crippen LogP contribution in [-0.2, 0) is 11.3 Å². The first-order valence-electron chi connectivity index (χ1n) is 7.67. The van der Waals surface area contributed by atoms with Gasteiger partial charge in [-0.25, -0.2) is 0 Å². The molecule has 0 spiro atoms. The molecular weight excluding hydrogens is 312 g/mol. The maximum absolute atomic E-state index is 11.2. The highest BCUT2D eigenvalue weighted by atomic mass is 16.5. The van der Waals surface area contributed by atoms with E-state index in [2.05, 4.69) is 15.0 Å². The zero-order valence-corrected chi connectivity index (χ0v) is 13.7. The number of nitrogens with two attached hydrogens (primary N) is 1. The molecule has 2 aromatic rings. The molecule has 8 nitrogen and oxygen atoms in total. The van der Waals surface area contributed by atoms with Crippen LogP contribution >= 0.6 is 0 Å². The molecule has 1 unspecified atom stereocenters. The molecule has 1 aromatic heterocycles. The van der Waals surface area contributed by atoms with E-state index >= 15 is 0 Å². The molecule has 0 aliphatic carbocycles. The average Bonchev–Trinajstić information content (AvgIpc) is 3.24. The Morgan fingerprint density at radius 1 is 1.38 bits per heavy atom. The lowest BCUT2D eigenvalue weighted by molar-refractivity contribution is -0.121. The Bertz CT molecular complexity index is 731. The smallest absolute Gasteiger partial charge is 0.241 e. The van der Waals surface area contributed by atoms with Crippen LogP contribution in [0.15, 0.2) is 22.7 Å². The Morgan fingerprint density at radius 2 is 2.17 bits per heavy atom. The number of likely N-dealkylation sites (tertiary alicyclic amines) is 1. The van der Waals surface area contributed by atoms with Crippen LogP contribution in [0.3, 0.4) is 0 Å². The first kappa shape index (κ1) is 16.3. The Balaban J connectivity index is 1.71. The van der Waals surface area contributed by atoms with E-state index in [1.54, 1.807) is 26.4 Å². The van der Waals surface area contributed by atoms with Crippen LogP contribution in [-0.4, -0.2) is 48.3 Å². The molecule has 3 rings (SSSR count). The van der Waals surface area contributed by atoms with Crippen molar-refractivity contribution in [2.75, 3.05) is 27.3 Å². The maximum Gasteiger partial charge on any atom is 0.241 e. The van der Waals surface area contributed by atoms with Crippen LogP contribution in [0.25, 0.3) is 11.4 Å². The zero-order valence-electron chi connectivity index (χ0n) is 13.7. The van der Waals surface area contributed by atoms with Gasteiger partial charge >= 0.3 is 0 Å². The predicted molar refractivity (Wildman–Crippen MR) is 85.4 cm³/mol. The SMILES string of the molecule is COc1ccc(-c2noc(CN3CCC(C(N)=O)C3)n2)cc1OC. The summed E-state index contributed by atoms with van der Waals surface area (Å²) in [5.41, 5.74) is 6.12. The molecule has 1 saturated heterocycles. The number of carbonyl (C=O) groups is 1. The van der Waals surface area contributed by atoms with E-state index in [1.807, 2.05) is 6.07 Å². The second kappa shape index (κ2) is 6.88. The summed E-state index contributed by atoms with van der Waals surface area (Å²) in [7, 11) is 3.16. The van der Waals surface area contributed by atoms with Crippen molar-refractivity contribution in [1.29, 1.82) is 0 Å². The quantitative estimate of drug-likeness (QED) is 0.843. The Hall–Kier alpha value is -2.61. The van der Waals surface area contributed by atoms with Gasteiger partial charge in [0.15, 0.2) is 11.5 Å². The topological polar surface area (TPSA) is 104 Å². The molecule has 1 aromatic carbocycles. The van der Waals surface area contributed by atoms with Crippen molar-refractivity contribution >= 4 is 5.91 Å². The third-order valence-electron chi connectivity index (χ3n) is 4.14. The van der Waals surface area contributed by atoms with E-state index in [4.69, 9.17) is 19.7 Å². The van der Waals surface area contributed by atoms with Gasteiger partial charge in [-0.15, -0.1) is 0 Å². The predicted octanol–water partition coefficient (Wildman–Crippen LogP) is 1.06. The van der Waals surface area contributed by atoms with E-state index in [0.29, 0.717) is 36.3 Å². The summed E-state index contributed by atoms with van der Waals surface area (Å²) in [4.78, 5) is 17.7. The molecular formula is C16H20N4O4. The minimum absolute atomic E-state index is 0.0989. The summed E-state index contributed by atoms with van der Waals surface area (Å²) < 4.78 is 15.8. The van der Waals surface area contributed by atoms with Crippen LogP contribution in [0.2, 0.25) is 0 Å². The zero-order chi connectivity index (χ0) is 17.1. The fraction of sp³-hybridized carbons (Fsp3) is 0.438. The third kappa shape index (κ3) is 3.33. The summed E-state index contributed by atoms with van der Waals surface area (Å²) in [6, 6.07) is 5.43. The van der Waals surface area contributed by atoms with Gasteiger partial charge in [-0.1, -0.05) is 5.16 Å². The number of benzene rings is 1. The summed E-state index contributed by atoms with van der Waals surface area (Å²) in [5.74, 6) is 1.87. The van der Waals surface area contributed by atoms with Crippen LogP contribution in [0.5, 0.6) is 11.5 Å². The molecule has 1 aliphatic heterocycles. The fourth-order valence-corrected chi connectivity index (χ4v) is 2.81. The van der Waals surface area contributed by atoms with Crippen molar-refractivity contribution < 1.29 is 18.8 Å². The summed E-state index contributed by atoms with van der Waals surface area (Å²) >= 11 is 0. The summed E-state index contributed by atoms with van der Waals surface area (Å²) in [5, 5.41) is 4.01. The van der Waals surface area contributed by atoms with E-state index in [-0.39, 0.29) is 11.8 Å². The van der Waals surface area contributed by atoms with Gasteiger partial charge < -0.3 is 19.7 Å². The van der Waals surface area contributed by atoms with E-state index in [1.165, 1.54) is 0 Å².